The molecule has 4 nitrogen and oxygen atoms in total. The SMILES string of the molecule is COCCN(C(=O)c1ccc(S)cc1)C(C)COC. The zero-order valence-electron chi connectivity index (χ0n) is 11.6. The van der Waals surface area contributed by atoms with E-state index in [1.54, 1.807) is 31.3 Å². The Hall–Kier alpha value is -1.04. The van der Waals surface area contributed by atoms with Gasteiger partial charge in [0.15, 0.2) is 0 Å². The first-order valence-corrected chi connectivity index (χ1v) is 6.62. The van der Waals surface area contributed by atoms with Crippen molar-refractivity contribution in [3.8, 4) is 0 Å². The number of carbonyl (C=O) groups excluding carboxylic acids is 1. The van der Waals surface area contributed by atoms with E-state index in [0.29, 0.717) is 25.3 Å². The molecule has 1 aromatic rings. The highest BCUT2D eigenvalue weighted by Gasteiger charge is 2.21. The molecule has 0 spiro atoms. The minimum Gasteiger partial charge on any atom is -0.383 e. The van der Waals surface area contributed by atoms with Crippen molar-refractivity contribution in [3.05, 3.63) is 29.8 Å². The van der Waals surface area contributed by atoms with Gasteiger partial charge in [0.25, 0.3) is 5.91 Å². The van der Waals surface area contributed by atoms with Gasteiger partial charge in [0, 0.05) is 31.2 Å². The number of ether oxygens (including phenoxy) is 2. The van der Waals surface area contributed by atoms with Gasteiger partial charge in [-0.05, 0) is 31.2 Å². The summed E-state index contributed by atoms with van der Waals surface area (Å²) in [6, 6.07) is 7.19. The van der Waals surface area contributed by atoms with Gasteiger partial charge in [-0.2, -0.15) is 0 Å². The van der Waals surface area contributed by atoms with Crippen LogP contribution in [-0.2, 0) is 9.47 Å². The predicted octanol–water partition coefficient (Wildman–Crippen LogP) is 2.10. The van der Waals surface area contributed by atoms with Crippen LogP contribution in [0.5, 0.6) is 0 Å². The monoisotopic (exact) mass is 283 g/mol. The first-order chi connectivity index (χ1) is 9.10. The van der Waals surface area contributed by atoms with Crippen molar-refractivity contribution in [1.82, 2.24) is 4.90 Å². The fourth-order valence-electron chi connectivity index (χ4n) is 1.81. The number of hydrogen-bond donors (Lipinski definition) is 1. The zero-order chi connectivity index (χ0) is 14.3. The van der Waals surface area contributed by atoms with Gasteiger partial charge in [-0.1, -0.05) is 0 Å². The summed E-state index contributed by atoms with van der Waals surface area (Å²) >= 11 is 4.22. The molecule has 0 aromatic heterocycles. The highest BCUT2D eigenvalue weighted by Crippen LogP contribution is 2.12. The summed E-state index contributed by atoms with van der Waals surface area (Å²) in [5, 5.41) is 0. The molecule has 106 valence electrons. The third-order valence-corrected chi connectivity index (χ3v) is 3.15. The number of thiol groups is 1. The van der Waals surface area contributed by atoms with Crippen LogP contribution in [0.2, 0.25) is 0 Å². The van der Waals surface area contributed by atoms with Crippen molar-refractivity contribution in [2.24, 2.45) is 0 Å². The molecule has 0 bridgehead atoms. The Balaban J connectivity index is 2.83. The lowest BCUT2D eigenvalue weighted by atomic mass is 10.1. The summed E-state index contributed by atoms with van der Waals surface area (Å²) < 4.78 is 10.2. The van der Waals surface area contributed by atoms with E-state index in [4.69, 9.17) is 9.47 Å². The molecule has 1 atom stereocenters. The molecule has 0 radical (unpaired) electrons. The second-order valence-electron chi connectivity index (χ2n) is 4.34. The van der Waals surface area contributed by atoms with Crippen LogP contribution in [0.3, 0.4) is 0 Å². The molecule has 0 aliphatic carbocycles. The maximum absolute atomic E-state index is 12.5. The van der Waals surface area contributed by atoms with Gasteiger partial charge in [0.1, 0.15) is 0 Å². The quantitative estimate of drug-likeness (QED) is 0.779. The number of hydrogen-bond acceptors (Lipinski definition) is 4. The Morgan fingerprint density at radius 3 is 2.42 bits per heavy atom. The Bertz CT molecular complexity index is 394. The van der Waals surface area contributed by atoms with Crippen LogP contribution in [-0.4, -0.2) is 50.8 Å². The Morgan fingerprint density at radius 1 is 1.26 bits per heavy atom. The van der Waals surface area contributed by atoms with Crippen molar-refractivity contribution in [1.29, 1.82) is 0 Å². The van der Waals surface area contributed by atoms with Crippen molar-refractivity contribution in [2.75, 3.05) is 34.0 Å². The molecule has 1 aromatic carbocycles. The third-order valence-electron chi connectivity index (χ3n) is 2.85. The topological polar surface area (TPSA) is 38.8 Å². The van der Waals surface area contributed by atoms with Crippen LogP contribution >= 0.6 is 12.6 Å². The molecular formula is C14H21NO3S. The van der Waals surface area contributed by atoms with E-state index in [0.717, 1.165) is 4.90 Å². The van der Waals surface area contributed by atoms with Gasteiger partial charge in [-0.15, -0.1) is 12.6 Å². The number of carbonyl (C=O) groups is 1. The fraction of sp³-hybridized carbons (Fsp3) is 0.500. The van der Waals surface area contributed by atoms with Gasteiger partial charge in [-0.3, -0.25) is 4.79 Å². The normalized spacial score (nSPS) is 12.2. The number of methoxy groups -OCH3 is 2. The molecule has 0 heterocycles. The summed E-state index contributed by atoms with van der Waals surface area (Å²) in [4.78, 5) is 15.1. The van der Waals surface area contributed by atoms with Crippen molar-refractivity contribution in [2.45, 2.75) is 17.9 Å². The van der Waals surface area contributed by atoms with Gasteiger partial charge < -0.3 is 14.4 Å². The van der Waals surface area contributed by atoms with Crippen LogP contribution < -0.4 is 0 Å². The number of rotatable bonds is 7. The van der Waals surface area contributed by atoms with Crippen LogP contribution in [0.25, 0.3) is 0 Å². The van der Waals surface area contributed by atoms with Crippen LogP contribution in [0.4, 0.5) is 0 Å². The van der Waals surface area contributed by atoms with Gasteiger partial charge >= 0.3 is 0 Å². The Morgan fingerprint density at radius 2 is 1.89 bits per heavy atom. The number of amides is 1. The van der Waals surface area contributed by atoms with Crippen LogP contribution in [0, 0.1) is 0 Å². The lowest BCUT2D eigenvalue weighted by molar-refractivity contribution is 0.0479. The summed E-state index contributed by atoms with van der Waals surface area (Å²) in [7, 11) is 3.25. The molecule has 1 amide bonds. The average Bonchev–Trinajstić information content (AvgIpc) is 2.40. The molecule has 1 rings (SSSR count). The second kappa shape index (κ2) is 8.19. The lowest BCUT2D eigenvalue weighted by Crippen LogP contribution is -2.43. The minimum atomic E-state index is -0.0186. The smallest absolute Gasteiger partial charge is 0.254 e. The van der Waals surface area contributed by atoms with Crippen LogP contribution in [0.1, 0.15) is 17.3 Å². The molecule has 5 heteroatoms. The van der Waals surface area contributed by atoms with E-state index in [2.05, 4.69) is 12.6 Å². The standard InChI is InChI=1S/C14H21NO3S/c1-11(10-18-3)15(8-9-17-2)14(16)12-4-6-13(19)7-5-12/h4-7,11,19H,8-10H2,1-3H3. The molecular weight excluding hydrogens is 262 g/mol. The van der Waals surface area contributed by atoms with E-state index in [1.807, 2.05) is 19.1 Å². The maximum Gasteiger partial charge on any atom is 0.254 e. The van der Waals surface area contributed by atoms with Crippen molar-refractivity contribution in [3.63, 3.8) is 0 Å². The highest BCUT2D eigenvalue weighted by atomic mass is 32.1. The molecule has 0 fully saturated rings. The molecule has 0 N–H and O–H groups in total. The third kappa shape index (κ3) is 4.86. The van der Waals surface area contributed by atoms with Crippen molar-refractivity contribution >= 4 is 18.5 Å². The number of nitrogens with zero attached hydrogens (tertiary/aromatic N) is 1. The average molecular weight is 283 g/mol. The molecule has 0 aliphatic heterocycles. The first-order valence-electron chi connectivity index (χ1n) is 6.18. The fourth-order valence-corrected chi connectivity index (χ4v) is 1.96. The second-order valence-corrected chi connectivity index (χ2v) is 4.86. The van der Waals surface area contributed by atoms with E-state index in [1.165, 1.54) is 0 Å². The van der Waals surface area contributed by atoms with Gasteiger partial charge in [-0.25, -0.2) is 0 Å². The minimum absolute atomic E-state index is 0.00308. The van der Waals surface area contributed by atoms with E-state index < -0.39 is 0 Å². The predicted molar refractivity (Wildman–Crippen MR) is 77.9 cm³/mol. The number of benzene rings is 1. The first kappa shape index (κ1) is 16.0. The molecule has 19 heavy (non-hydrogen) atoms. The summed E-state index contributed by atoms with van der Waals surface area (Å²) in [6.07, 6.45) is 0. The maximum atomic E-state index is 12.5. The van der Waals surface area contributed by atoms with E-state index >= 15 is 0 Å². The molecule has 0 saturated carbocycles. The largest absolute Gasteiger partial charge is 0.383 e. The summed E-state index contributed by atoms with van der Waals surface area (Å²) in [5.41, 5.74) is 0.650. The summed E-state index contributed by atoms with van der Waals surface area (Å²) in [5.74, 6) is -0.0186. The van der Waals surface area contributed by atoms with Crippen LogP contribution in [0.15, 0.2) is 29.2 Å². The Kier molecular flexibility index (Phi) is 6.91. The zero-order valence-corrected chi connectivity index (χ0v) is 12.5. The van der Waals surface area contributed by atoms with E-state index in [9.17, 15) is 4.79 Å². The summed E-state index contributed by atoms with van der Waals surface area (Å²) in [6.45, 7) is 3.51. The van der Waals surface area contributed by atoms with Gasteiger partial charge in [0.05, 0.1) is 19.3 Å². The molecule has 0 aliphatic rings. The highest BCUT2D eigenvalue weighted by molar-refractivity contribution is 7.80. The lowest BCUT2D eigenvalue weighted by Gasteiger charge is -2.28. The van der Waals surface area contributed by atoms with Gasteiger partial charge in [0.2, 0.25) is 0 Å². The van der Waals surface area contributed by atoms with E-state index in [-0.39, 0.29) is 11.9 Å². The Labute approximate surface area is 120 Å². The molecule has 1 unspecified atom stereocenters. The van der Waals surface area contributed by atoms with Crippen molar-refractivity contribution < 1.29 is 14.3 Å². The molecule has 0 saturated heterocycles.